The summed E-state index contributed by atoms with van der Waals surface area (Å²) in [5.74, 6) is 0. The normalized spacial score (nSPS) is 16.5. The van der Waals surface area contributed by atoms with Gasteiger partial charge in [0.25, 0.3) is 0 Å². The molecule has 2 amide bonds. The van der Waals surface area contributed by atoms with E-state index in [1.165, 1.54) is 11.1 Å². The van der Waals surface area contributed by atoms with Gasteiger partial charge in [-0.15, -0.1) is 0 Å². The molecule has 1 fully saturated rings. The highest BCUT2D eigenvalue weighted by molar-refractivity contribution is 5.90. The van der Waals surface area contributed by atoms with Crippen LogP contribution < -0.4 is 5.32 Å². The average Bonchev–Trinajstić information content (AvgIpc) is 2.68. The van der Waals surface area contributed by atoms with Gasteiger partial charge in [0.15, 0.2) is 0 Å². The first-order valence-corrected chi connectivity index (χ1v) is 9.12. The minimum absolute atomic E-state index is 0.00733. The lowest BCUT2D eigenvalue weighted by Gasteiger charge is -2.38. The lowest BCUT2D eigenvalue weighted by molar-refractivity contribution is 0.119. The van der Waals surface area contributed by atoms with Crippen molar-refractivity contribution < 1.29 is 4.79 Å². The second-order valence-corrected chi connectivity index (χ2v) is 6.55. The van der Waals surface area contributed by atoms with Crippen molar-refractivity contribution in [2.45, 2.75) is 26.3 Å². The van der Waals surface area contributed by atoms with Gasteiger partial charge in [-0.05, 0) is 30.5 Å². The van der Waals surface area contributed by atoms with Gasteiger partial charge in [0.2, 0.25) is 0 Å². The number of nitrogens with zero attached hydrogens (tertiary/aromatic N) is 2. The van der Waals surface area contributed by atoms with E-state index < -0.39 is 0 Å². The zero-order valence-electron chi connectivity index (χ0n) is 15.1. The number of nitrogens with one attached hydrogen (secondary N) is 1. The van der Waals surface area contributed by atoms with Crippen LogP contribution >= 0.6 is 0 Å². The standard InChI is InChI=1S/C21H27N3O/c1-3-18-9-7-8-12-20(18)22-21(25)24-15-13-23(14-16-24)17(2)19-10-5-4-6-11-19/h4-12,17H,3,13-16H2,1-2H3,(H,22,25). The highest BCUT2D eigenvalue weighted by Gasteiger charge is 2.24. The Bertz CT molecular complexity index is 693. The molecule has 2 aromatic rings. The van der Waals surface area contributed by atoms with E-state index >= 15 is 0 Å². The van der Waals surface area contributed by atoms with E-state index in [1.807, 2.05) is 29.2 Å². The van der Waals surface area contributed by atoms with E-state index in [0.717, 1.165) is 38.3 Å². The van der Waals surface area contributed by atoms with E-state index in [4.69, 9.17) is 0 Å². The maximum atomic E-state index is 12.6. The fourth-order valence-electron chi connectivity index (χ4n) is 3.40. The minimum Gasteiger partial charge on any atom is -0.322 e. The van der Waals surface area contributed by atoms with Crippen LogP contribution in [0, 0.1) is 0 Å². The third-order valence-corrected chi connectivity index (χ3v) is 5.07. The molecule has 3 rings (SSSR count). The summed E-state index contributed by atoms with van der Waals surface area (Å²) in [7, 11) is 0. The summed E-state index contributed by atoms with van der Waals surface area (Å²) < 4.78 is 0. The Morgan fingerprint density at radius 2 is 1.64 bits per heavy atom. The lowest BCUT2D eigenvalue weighted by Crippen LogP contribution is -2.50. The number of carbonyl (C=O) groups excluding carboxylic acids is 1. The Morgan fingerprint density at radius 3 is 2.32 bits per heavy atom. The maximum absolute atomic E-state index is 12.6. The fourth-order valence-corrected chi connectivity index (χ4v) is 3.40. The minimum atomic E-state index is 0.00733. The molecule has 132 valence electrons. The Labute approximate surface area is 150 Å². The lowest BCUT2D eigenvalue weighted by atomic mass is 10.1. The molecule has 0 radical (unpaired) electrons. The molecule has 1 aliphatic heterocycles. The number of piperazine rings is 1. The van der Waals surface area contributed by atoms with E-state index in [9.17, 15) is 4.79 Å². The molecule has 1 unspecified atom stereocenters. The molecule has 1 N–H and O–H groups in total. The van der Waals surface area contributed by atoms with Crippen LogP contribution in [0.4, 0.5) is 10.5 Å². The summed E-state index contributed by atoms with van der Waals surface area (Å²) in [6.45, 7) is 7.67. The summed E-state index contributed by atoms with van der Waals surface area (Å²) in [6.07, 6.45) is 0.915. The third-order valence-electron chi connectivity index (χ3n) is 5.07. The van der Waals surface area contributed by atoms with Gasteiger partial charge in [-0.2, -0.15) is 0 Å². The van der Waals surface area contributed by atoms with Gasteiger partial charge >= 0.3 is 6.03 Å². The van der Waals surface area contributed by atoms with Gasteiger partial charge < -0.3 is 10.2 Å². The first-order chi connectivity index (χ1) is 12.2. The Kier molecular flexibility index (Phi) is 5.71. The molecule has 1 heterocycles. The van der Waals surface area contributed by atoms with Crippen molar-refractivity contribution in [3.8, 4) is 0 Å². The topological polar surface area (TPSA) is 35.6 Å². The van der Waals surface area contributed by atoms with Crippen LogP contribution in [-0.4, -0.2) is 42.0 Å². The number of hydrogen-bond acceptors (Lipinski definition) is 2. The molecule has 0 spiro atoms. The van der Waals surface area contributed by atoms with E-state index in [-0.39, 0.29) is 6.03 Å². The van der Waals surface area contributed by atoms with Crippen LogP contribution in [0.5, 0.6) is 0 Å². The van der Waals surface area contributed by atoms with E-state index in [1.54, 1.807) is 0 Å². The van der Waals surface area contributed by atoms with Crippen molar-refractivity contribution in [1.29, 1.82) is 0 Å². The molecule has 4 heteroatoms. The van der Waals surface area contributed by atoms with Crippen molar-refractivity contribution in [3.05, 3.63) is 65.7 Å². The monoisotopic (exact) mass is 337 g/mol. The van der Waals surface area contributed by atoms with Crippen molar-refractivity contribution in [3.63, 3.8) is 0 Å². The molecule has 0 aromatic heterocycles. The highest BCUT2D eigenvalue weighted by atomic mass is 16.2. The Morgan fingerprint density at radius 1 is 1.00 bits per heavy atom. The summed E-state index contributed by atoms with van der Waals surface area (Å²) in [5, 5.41) is 3.08. The number of carbonyl (C=O) groups is 1. The largest absolute Gasteiger partial charge is 0.322 e. The Hall–Kier alpha value is -2.33. The third kappa shape index (κ3) is 4.20. The smallest absolute Gasteiger partial charge is 0.321 e. The number of hydrogen-bond donors (Lipinski definition) is 1. The zero-order chi connectivity index (χ0) is 17.6. The average molecular weight is 337 g/mol. The van der Waals surface area contributed by atoms with Crippen molar-refractivity contribution in [1.82, 2.24) is 9.80 Å². The van der Waals surface area contributed by atoms with Gasteiger partial charge in [-0.3, -0.25) is 4.90 Å². The fraction of sp³-hybridized carbons (Fsp3) is 0.381. The van der Waals surface area contributed by atoms with Gasteiger partial charge in [-0.1, -0.05) is 55.5 Å². The van der Waals surface area contributed by atoms with Crippen LogP contribution in [0.1, 0.15) is 31.0 Å². The number of urea groups is 1. The zero-order valence-corrected chi connectivity index (χ0v) is 15.1. The van der Waals surface area contributed by atoms with Crippen LogP contribution in [-0.2, 0) is 6.42 Å². The second-order valence-electron chi connectivity index (χ2n) is 6.55. The second kappa shape index (κ2) is 8.17. The van der Waals surface area contributed by atoms with Crippen LogP contribution in [0.2, 0.25) is 0 Å². The predicted octanol–water partition coefficient (Wildman–Crippen LogP) is 4.16. The van der Waals surface area contributed by atoms with Gasteiger partial charge in [0, 0.05) is 37.9 Å². The molecule has 2 aromatic carbocycles. The first-order valence-electron chi connectivity index (χ1n) is 9.12. The number of aryl methyl sites for hydroxylation is 1. The van der Waals surface area contributed by atoms with E-state index in [0.29, 0.717) is 6.04 Å². The molecule has 0 aliphatic carbocycles. The molecule has 4 nitrogen and oxygen atoms in total. The molecule has 1 saturated heterocycles. The molecule has 1 atom stereocenters. The van der Waals surface area contributed by atoms with E-state index in [2.05, 4.69) is 54.4 Å². The molecule has 0 saturated carbocycles. The van der Waals surface area contributed by atoms with Gasteiger partial charge in [0.05, 0.1) is 0 Å². The van der Waals surface area contributed by atoms with Crippen molar-refractivity contribution in [2.24, 2.45) is 0 Å². The quantitative estimate of drug-likeness (QED) is 0.909. The summed E-state index contributed by atoms with van der Waals surface area (Å²) in [4.78, 5) is 16.9. The van der Waals surface area contributed by atoms with Crippen molar-refractivity contribution in [2.75, 3.05) is 31.5 Å². The number of rotatable bonds is 4. The number of anilines is 1. The first kappa shape index (κ1) is 17.5. The highest BCUT2D eigenvalue weighted by Crippen LogP contribution is 2.22. The van der Waals surface area contributed by atoms with Gasteiger partial charge in [0.1, 0.15) is 0 Å². The van der Waals surface area contributed by atoms with Gasteiger partial charge in [-0.25, -0.2) is 4.79 Å². The van der Waals surface area contributed by atoms with Crippen LogP contribution in [0.3, 0.4) is 0 Å². The number of para-hydroxylation sites is 1. The number of amides is 2. The van der Waals surface area contributed by atoms with Crippen LogP contribution in [0.15, 0.2) is 54.6 Å². The van der Waals surface area contributed by atoms with Crippen molar-refractivity contribution >= 4 is 11.7 Å². The number of benzene rings is 2. The predicted molar refractivity (Wildman–Crippen MR) is 103 cm³/mol. The molecular weight excluding hydrogens is 310 g/mol. The molecular formula is C21H27N3O. The maximum Gasteiger partial charge on any atom is 0.321 e. The van der Waals surface area contributed by atoms with Crippen LogP contribution in [0.25, 0.3) is 0 Å². The molecule has 1 aliphatic rings. The molecule has 0 bridgehead atoms. The summed E-state index contributed by atoms with van der Waals surface area (Å²) in [5.41, 5.74) is 3.43. The SMILES string of the molecule is CCc1ccccc1NC(=O)N1CCN(C(C)c2ccccc2)CC1. The Balaban J connectivity index is 1.56. The molecule has 25 heavy (non-hydrogen) atoms. The summed E-state index contributed by atoms with van der Waals surface area (Å²) >= 11 is 0. The summed E-state index contributed by atoms with van der Waals surface area (Å²) in [6, 6.07) is 19.0.